The molecule has 22 N–H and O–H groups in total. The minimum atomic E-state index is -2.01. The Labute approximate surface area is 499 Å². The number of aliphatic carboxylic acids is 2. The average Bonchev–Trinajstić information content (AvgIpc) is 4.15. The number of hydrogen-bond donors (Lipinski definition) is 18. The second-order valence-electron chi connectivity index (χ2n) is 19.5. The van der Waals surface area contributed by atoms with Crippen LogP contribution in [0.25, 0.3) is 0 Å². The Hall–Kier alpha value is -9.21. The van der Waals surface area contributed by atoms with E-state index >= 15 is 0 Å². The third-order valence-corrected chi connectivity index (χ3v) is 13.2. The summed E-state index contributed by atoms with van der Waals surface area (Å²) in [5.41, 5.74) is 28.7. The van der Waals surface area contributed by atoms with E-state index in [-0.39, 0.29) is 50.5 Å². The zero-order valence-corrected chi connectivity index (χ0v) is 47.7. The van der Waals surface area contributed by atoms with Gasteiger partial charge in [-0.05, 0) is 49.8 Å². The van der Waals surface area contributed by atoms with Crippen molar-refractivity contribution in [3.63, 3.8) is 0 Å². The fourth-order valence-electron chi connectivity index (χ4n) is 8.36. The number of aliphatic imine (C=N–C) groups is 1. The maximum Gasteiger partial charge on any atom is 0.305 e. The summed E-state index contributed by atoms with van der Waals surface area (Å²) < 4.78 is 0. The molecule has 2 aromatic rings. The molecule has 33 heteroatoms. The summed E-state index contributed by atoms with van der Waals surface area (Å²) >= 11 is 4.02. The van der Waals surface area contributed by atoms with Crippen molar-refractivity contribution < 1.29 is 77.6 Å². The predicted octanol–water partition coefficient (Wildman–Crippen LogP) is -7.27. The Balaban J connectivity index is 1.69. The van der Waals surface area contributed by atoms with Gasteiger partial charge >= 0.3 is 11.9 Å². The number of guanidine groups is 1. The number of amides is 11. The number of hydrogen-bond acceptors (Lipinski definition) is 18. The summed E-state index contributed by atoms with van der Waals surface area (Å²) in [5.74, 6) is -14.3. The van der Waals surface area contributed by atoms with Gasteiger partial charge in [0.25, 0.3) is 0 Å². The van der Waals surface area contributed by atoms with Crippen LogP contribution in [0, 0.1) is 0 Å². The smallest absolute Gasteiger partial charge is 0.305 e. The number of nitrogens with one attached hydrogen (secondary N) is 9. The van der Waals surface area contributed by atoms with Gasteiger partial charge in [0.15, 0.2) is 5.96 Å². The van der Waals surface area contributed by atoms with E-state index in [1.54, 1.807) is 60.7 Å². The lowest BCUT2D eigenvalue weighted by Crippen LogP contribution is -2.60. The number of aliphatic hydroxyl groups excluding tert-OH is 1. The molecule has 11 amide bonds. The number of unbranched alkanes of at least 4 members (excludes halogenated alkanes) is 1. The summed E-state index contributed by atoms with van der Waals surface area (Å²) in [6.45, 7) is -2.41. The summed E-state index contributed by atoms with van der Waals surface area (Å²) in [7, 11) is 0. The van der Waals surface area contributed by atoms with E-state index in [2.05, 4.69) is 65.5 Å². The number of rotatable bonds is 37. The van der Waals surface area contributed by atoms with E-state index in [0.717, 1.165) is 4.90 Å². The maximum absolute atomic E-state index is 13.9. The number of thiol groups is 1. The molecule has 1 heterocycles. The number of carboxylic acid groups (broad SMARTS) is 2. The van der Waals surface area contributed by atoms with Crippen LogP contribution in [0.15, 0.2) is 77.8 Å². The lowest BCUT2D eigenvalue weighted by molar-refractivity contribution is -0.142. The number of carbonyl (C=O) groups excluding carboxylic acids is 11. The second-order valence-corrected chi connectivity index (χ2v) is 19.9. The first-order valence-corrected chi connectivity index (χ1v) is 27.7. The minimum absolute atomic E-state index is 0.0252. The van der Waals surface area contributed by atoms with Gasteiger partial charge in [-0.1, -0.05) is 72.8 Å². The first-order chi connectivity index (χ1) is 40.9. The van der Waals surface area contributed by atoms with E-state index in [1.807, 2.05) is 0 Å². The molecule has 0 radical (unpaired) electrons. The molecule has 32 nitrogen and oxygen atoms in total. The van der Waals surface area contributed by atoms with Crippen molar-refractivity contribution >= 4 is 95.5 Å². The molecule has 2 aromatic carbocycles. The van der Waals surface area contributed by atoms with Gasteiger partial charge in [0, 0.05) is 25.1 Å². The van der Waals surface area contributed by atoms with Crippen molar-refractivity contribution in [2.24, 2.45) is 33.7 Å². The fourth-order valence-corrected chi connectivity index (χ4v) is 8.52. The van der Waals surface area contributed by atoms with Gasteiger partial charge in [0.05, 0.1) is 45.1 Å². The molecule has 0 aliphatic carbocycles. The molecule has 1 aliphatic heterocycles. The van der Waals surface area contributed by atoms with Crippen LogP contribution in [-0.4, -0.2) is 203 Å². The highest BCUT2D eigenvalue weighted by Crippen LogP contribution is 2.18. The zero-order valence-electron chi connectivity index (χ0n) is 46.8. The molecule has 0 bridgehead atoms. The van der Waals surface area contributed by atoms with E-state index in [4.69, 9.17) is 28.7 Å². The normalized spacial score (nSPS) is 15.5. The van der Waals surface area contributed by atoms with E-state index in [9.17, 15) is 77.6 Å². The monoisotopic (exact) mass is 1220 g/mol. The number of nitrogens with two attached hydrogens (primary N) is 5. The van der Waals surface area contributed by atoms with Crippen LogP contribution >= 0.6 is 12.6 Å². The summed E-state index contributed by atoms with van der Waals surface area (Å²) in [6, 6.07) is 2.65. The molecule has 3 rings (SSSR count). The molecule has 0 aromatic heterocycles. The first-order valence-electron chi connectivity index (χ1n) is 27.0. The van der Waals surface area contributed by atoms with Crippen LogP contribution in [0.3, 0.4) is 0 Å². The summed E-state index contributed by atoms with van der Waals surface area (Å²) in [5, 5.41) is 50.5. The molecule has 1 saturated heterocycles. The molecular weight excluding hydrogens is 1150 g/mol. The van der Waals surface area contributed by atoms with Crippen LogP contribution < -0.4 is 76.5 Å². The van der Waals surface area contributed by atoms with Crippen molar-refractivity contribution in [1.82, 2.24) is 52.8 Å². The Kier molecular flexibility index (Phi) is 30.7. The number of nitrogens with zero attached hydrogens (tertiary/aromatic N) is 2. The van der Waals surface area contributed by atoms with E-state index < -0.39 is 164 Å². The average molecular weight is 1230 g/mol. The third kappa shape index (κ3) is 25.3. The Morgan fingerprint density at radius 2 is 1.14 bits per heavy atom. The van der Waals surface area contributed by atoms with Crippen molar-refractivity contribution in [3.05, 3.63) is 83.9 Å². The van der Waals surface area contributed by atoms with Gasteiger partial charge in [0.2, 0.25) is 65.0 Å². The van der Waals surface area contributed by atoms with Crippen molar-refractivity contribution in [2.75, 3.05) is 45.1 Å². The van der Waals surface area contributed by atoms with E-state index in [0.29, 0.717) is 36.9 Å². The molecule has 470 valence electrons. The Morgan fingerprint density at radius 1 is 0.628 bits per heavy atom. The number of primary amides is 1. The number of benzene rings is 2. The number of likely N-dealkylation sites (tertiary alicyclic amines) is 1. The zero-order chi connectivity index (χ0) is 63.9. The highest BCUT2D eigenvalue weighted by Gasteiger charge is 2.37. The lowest BCUT2D eigenvalue weighted by Gasteiger charge is -2.26. The number of carbonyl (C=O) groups is 13. The van der Waals surface area contributed by atoms with Crippen LogP contribution in [0.5, 0.6) is 0 Å². The van der Waals surface area contributed by atoms with Crippen LogP contribution in [-0.2, 0) is 75.2 Å². The predicted molar refractivity (Wildman–Crippen MR) is 310 cm³/mol. The van der Waals surface area contributed by atoms with Crippen molar-refractivity contribution in [2.45, 2.75) is 112 Å². The topological polar surface area (TPSA) is 537 Å². The second kappa shape index (κ2) is 37.2. The maximum atomic E-state index is 13.9. The molecule has 0 spiro atoms. The standard InChI is InChI=1S/C53H76N16O16S/c54-18-8-7-15-33(63-45(78)31(55)28-86)47(80)64-32(16-9-19-59-53(57)58)46(79)61-26-41(72)69-20-10-17-39(69)52(85)60-25-40(71)62-38(27-70)51(84)68-37(24-43(75)76)50(83)66-35(22-30-13-5-2-6-14-30)48(81)67-36(23-42(73)74)49(82)65-34(44(56)77)21-29-11-3-1-4-12-29/h1-6,9,11-14,16,31-39,70,86H,7-8,10,15,17-28,54-55H2,(H2,56,77)(H,60,85)(H,61,79)(H,62,71)(H,63,78)(H,64,80)(H,65,82)(H,66,83)(H,67,81)(H,68,84)(H,73,74)(H,75,76)(H4,57,58,59)/t31-,32-,33-,34-,35-,36-,37-,38-,39-/m0/s1. The lowest BCUT2D eigenvalue weighted by atomic mass is 10.0. The molecule has 1 aliphatic rings. The summed E-state index contributed by atoms with van der Waals surface area (Å²) in [4.78, 5) is 176. The van der Waals surface area contributed by atoms with Crippen molar-refractivity contribution in [3.8, 4) is 0 Å². The molecule has 9 atom stereocenters. The number of aliphatic hydroxyl groups is 1. The van der Waals surface area contributed by atoms with Gasteiger partial charge in [-0.25, -0.2) is 4.99 Å². The van der Waals surface area contributed by atoms with Gasteiger partial charge in [-0.15, -0.1) is 0 Å². The Bertz CT molecular complexity index is 2760. The van der Waals surface area contributed by atoms with E-state index in [1.165, 1.54) is 12.2 Å². The molecule has 0 saturated carbocycles. The molecular formula is C53H76N16O16S. The molecule has 1 fully saturated rings. The first kappa shape index (κ1) is 71.1. The summed E-state index contributed by atoms with van der Waals surface area (Å²) in [6.07, 6.45) is 1.52. The quantitative estimate of drug-likeness (QED) is 0.00982. The van der Waals surface area contributed by atoms with Crippen LogP contribution in [0.2, 0.25) is 0 Å². The third-order valence-electron chi connectivity index (χ3n) is 12.8. The largest absolute Gasteiger partial charge is 0.481 e. The van der Waals surface area contributed by atoms with Gasteiger partial charge in [-0.2, -0.15) is 12.6 Å². The van der Waals surface area contributed by atoms with Gasteiger partial charge in [-0.3, -0.25) is 62.3 Å². The highest BCUT2D eigenvalue weighted by atomic mass is 32.1. The minimum Gasteiger partial charge on any atom is -0.481 e. The fraction of sp³-hybridized carbons (Fsp3) is 0.472. The Morgan fingerprint density at radius 3 is 1.66 bits per heavy atom. The van der Waals surface area contributed by atoms with Crippen LogP contribution in [0.4, 0.5) is 0 Å². The number of carboxylic acids is 2. The van der Waals surface area contributed by atoms with Gasteiger partial charge in [0.1, 0.15) is 48.3 Å². The van der Waals surface area contributed by atoms with Gasteiger partial charge < -0.3 is 96.7 Å². The molecule has 86 heavy (non-hydrogen) atoms. The molecule has 0 unspecified atom stereocenters. The van der Waals surface area contributed by atoms with Crippen LogP contribution in [0.1, 0.15) is 56.1 Å². The SMILES string of the molecule is NCCCC[C@H](NC(=O)[C@@H](N)CS)C(=O)N[C@@H](C=CCN=C(N)N)C(=O)NCC(=O)N1CCC[C@H]1C(=O)NCC(=O)N[C@@H](CO)C(=O)N[C@@H](CC(=O)O)C(=O)N[C@@H](Cc1ccccc1)C(=O)N[C@@H](CC(=O)O)C(=O)N[C@@H](Cc1ccccc1)C(N)=O. The van der Waals surface area contributed by atoms with Crippen molar-refractivity contribution in [1.29, 1.82) is 0 Å². The highest BCUT2D eigenvalue weighted by molar-refractivity contribution is 7.80.